The Hall–Kier alpha value is -2.90. The number of nitrogens with zero attached hydrogens (tertiary/aromatic N) is 1. The molecule has 2 amide bonds. The molecule has 1 N–H and O–H groups in total. The maximum Gasteiger partial charge on any atom is 0.420 e. The molecule has 0 aliphatic heterocycles. The maximum atomic E-state index is 12.0. The smallest absolute Gasteiger partial charge is 0.420 e. The molecule has 1 aromatic rings. The predicted octanol–water partition coefficient (Wildman–Crippen LogP) is 1.90. The van der Waals surface area contributed by atoms with Gasteiger partial charge in [-0.15, -0.1) is 0 Å². The first-order valence-electron chi connectivity index (χ1n) is 7.19. The Morgan fingerprint density at radius 1 is 1.08 bits per heavy atom. The third-order valence-electron chi connectivity index (χ3n) is 2.89. The summed E-state index contributed by atoms with van der Waals surface area (Å²) in [7, 11) is 0. The highest BCUT2D eigenvalue weighted by Crippen LogP contribution is 2.14. The zero-order valence-electron chi connectivity index (χ0n) is 13.6. The molecule has 1 aromatic carbocycles. The number of ether oxygens (including phenoxy) is 2. The fourth-order valence-corrected chi connectivity index (χ4v) is 1.65. The second kappa shape index (κ2) is 8.66. The molecule has 0 saturated heterocycles. The van der Waals surface area contributed by atoms with E-state index in [4.69, 9.17) is 14.6 Å². The predicted molar refractivity (Wildman–Crippen MR) is 82.0 cm³/mol. The number of carbonyl (C=O) groups is 4. The Morgan fingerprint density at radius 2 is 1.67 bits per heavy atom. The lowest BCUT2D eigenvalue weighted by Crippen LogP contribution is -2.42. The molecule has 130 valence electrons. The van der Waals surface area contributed by atoms with Gasteiger partial charge in [-0.2, -0.15) is 0 Å². The minimum absolute atomic E-state index is 0.271. The van der Waals surface area contributed by atoms with Crippen LogP contribution in [0.3, 0.4) is 0 Å². The van der Waals surface area contributed by atoms with E-state index < -0.39 is 42.7 Å². The average Bonchev–Trinajstić information content (AvgIpc) is 2.52. The number of hydrogen-bond donors (Lipinski definition) is 1. The van der Waals surface area contributed by atoms with Crippen LogP contribution in [-0.2, 0) is 19.1 Å². The monoisotopic (exact) mass is 337 g/mol. The standard InChI is InChI=1S/C16H19NO7/c1-10(2)15(23-14(21)12-7-5-4-6-8-12)24-16(22)17(11(3)18)9-13(19)20/h4-8,10,15H,9H2,1-3H3,(H,19,20). The van der Waals surface area contributed by atoms with E-state index in [9.17, 15) is 19.2 Å². The van der Waals surface area contributed by atoms with E-state index in [-0.39, 0.29) is 5.56 Å². The number of benzene rings is 1. The van der Waals surface area contributed by atoms with E-state index >= 15 is 0 Å². The Kier molecular flexibility index (Phi) is 6.91. The molecule has 8 heteroatoms. The minimum Gasteiger partial charge on any atom is -0.480 e. The third kappa shape index (κ3) is 5.71. The van der Waals surface area contributed by atoms with Crippen LogP contribution in [0.15, 0.2) is 30.3 Å². The van der Waals surface area contributed by atoms with Crippen molar-refractivity contribution in [3.8, 4) is 0 Å². The largest absolute Gasteiger partial charge is 0.480 e. The first-order valence-corrected chi connectivity index (χ1v) is 7.19. The molecule has 0 aromatic heterocycles. The van der Waals surface area contributed by atoms with E-state index in [1.165, 1.54) is 12.1 Å². The third-order valence-corrected chi connectivity index (χ3v) is 2.89. The summed E-state index contributed by atoms with van der Waals surface area (Å²) in [6, 6.07) is 8.10. The van der Waals surface area contributed by atoms with Gasteiger partial charge in [0.2, 0.25) is 5.91 Å². The summed E-state index contributed by atoms with van der Waals surface area (Å²) in [5.74, 6) is -3.27. The van der Waals surface area contributed by atoms with Crippen LogP contribution in [0.4, 0.5) is 4.79 Å². The Morgan fingerprint density at radius 3 is 2.12 bits per heavy atom. The van der Waals surface area contributed by atoms with Gasteiger partial charge < -0.3 is 14.6 Å². The molecule has 1 rings (SSSR count). The maximum absolute atomic E-state index is 12.0. The lowest BCUT2D eigenvalue weighted by Gasteiger charge is -2.24. The Bertz CT molecular complexity index is 612. The van der Waals surface area contributed by atoms with Crippen molar-refractivity contribution in [2.24, 2.45) is 5.92 Å². The summed E-state index contributed by atoms with van der Waals surface area (Å²) in [6.07, 6.45) is -2.45. The van der Waals surface area contributed by atoms with Gasteiger partial charge in [0.1, 0.15) is 6.54 Å². The quantitative estimate of drug-likeness (QED) is 0.623. The van der Waals surface area contributed by atoms with E-state index in [1.807, 2.05) is 0 Å². The SMILES string of the molecule is CC(=O)N(CC(=O)O)C(=O)OC(OC(=O)c1ccccc1)C(C)C. The molecular formula is C16H19NO7. The fourth-order valence-electron chi connectivity index (χ4n) is 1.65. The summed E-state index contributed by atoms with van der Waals surface area (Å²) >= 11 is 0. The molecule has 0 saturated carbocycles. The molecule has 0 fully saturated rings. The molecular weight excluding hydrogens is 318 g/mol. The van der Waals surface area contributed by atoms with Crippen molar-refractivity contribution in [2.75, 3.05) is 6.54 Å². The first-order chi connectivity index (χ1) is 11.2. The molecule has 1 unspecified atom stereocenters. The van der Waals surface area contributed by atoms with Crippen molar-refractivity contribution in [1.82, 2.24) is 4.90 Å². The van der Waals surface area contributed by atoms with Crippen LogP contribution in [0.25, 0.3) is 0 Å². The molecule has 0 aliphatic carbocycles. The van der Waals surface area contributed by atoms with E-state index in [0.29, 0.717) is 4.90 Å². The van der Waals surface area contributed by atoms with Gasteiger partial charge in [-0.3, -0.25) is 9.59 Å². The Balaban J connectivity index is 2.81. The van der Waals surface area contributed by atoms with Gasteiger partial charge in [-0.1, -0.05) is 32.0 Å². The summed E-state index contributed by atoms with van der Waals surface area (Å²) in [5, 5.41) is 8.73. The second-order valence-corrected chi connectivity index (χ2v) is 5.27. The van der Waals surface area contributed by atoms with Crippen molar-refractivity contribution in [3.05, 3.63) is 35.9 Å². The molecule has 0 aliphatic rings. The highest BCUT2D eigenvalue weighted by atomic mass is 16.7. The molecule has 0 radical (unpaired) electrons. The van der Waals surface area contributed by atoms with Crippen molar-refractivity contribution in [3.63, 3.8) is 0 Å². The minimum atomic E-state index is -1.37. The topological polar surface area (TPSA) is 110 Å². The van der Waals surface area contributed by atoms with Gasteiger partial charge in [0.25, 0.3) is 6.29 Å². The number of rotatable bonds is 6. The summed E-state index contributed by atoms with van der Waals surface area (Å²) in [4.78, 5) is 46.5. The van der Waals surface area contributed by atoms with Crippen LogP contribution >= 0.6 is 0 Å². The molecule has 0 spiro atoms. The zero-order chi connectivity index (χ0) is 18.3. The van der Waals surface area contributed by atoms with E-state index in [2.05, 4.69) is 0 Å². The van der Waals surface area contributed by atoms with Crippen LogP contribution in [0.1, 0.15) is 31.1 Å². The normalized spacial score (nSPS) is 11.5. The second-order valence-electron chi connectivity index (χ2n) is 5.27. The molecule has 0 bridgehead atoms. The van der Waals surface area contributed by atoms with Gasteiger partial charge in [-0.05, 0) is 12.1 Å². The van der Waals surface area contributed by atoms with Gasteiger partial charge >= 0.3 is 18.0 Å². The number of esters is 1. The fraction of sp³-hybridized carbons (Fsp3) is 0.375. The van der Waals surface area contributed by atoms with Crippen molar-refractivity contribution >= 4 is 23.9 Å². The summed E-state index contributed by atoms with van der Waals surface area (Å²) < 4.78 is 10.1. The van der Waals surface area contributed by atoms with Gasteiger partial charge in [0.05, 0.1) is 5.56 Å². The summed E-state index contributed by atoms with van der Waals surface area (Å²) in [5.41, 5.74) is 0.271. The molecule has 1 atom stereocenters. The van der Waals surface area contributed by atoms with E-state index in [0.717, 1.165) is 6.92 Å². The van der Waals surface area contributed by atoms with Crippen molar-refractivity contribution in [2.45, 2.75) is 27.1 Å². The molecule has 0 heterocycles. The lowest BCUT2D eigenvalue weighted by atomic mass is 10.2. The van der Waals surface area contributed by atoms with Gasteiger partial charge in [0.15, 0.2) is 0 Å². The highest BCUT2D eigenvalue weighted by Gasteiger charge is 2.29. The first kappa shape index (κ1) is 19.1. The Labute approximate surface area is 139 Å². The number of aliphatic carboxylic acids is 1. The van der Waals surface area contributed by atoms with Gasteiger partial charge in [-0.25, -0.2) is 14.5 Å². The lowest BCUT2D eigenvalue weighted by molar-refractivity contribution is -0.145. The van der Waals surface area contributed by atoms with Crippen LogP contribution < -0.4 is 0 Å². The number of carboxylic acid groups (broad SMARTS) is 1. The number of amides is 2. The number of imide groups is 1. The van der Waals surface area contributed by atoms with Crippen LogP contribution in [0.2, 0.25) is 0 Å². The zero-order valence-corrected chi connectivity index (χ0v) is 13.6. The molecule has 8 nitrogen and oxygen atoms in total. The van der Waals surface area contributed by atoms with E-state index in [1.54, 1.807) is 32.0 Å². The number of carboxylic acids is 1. The molecule has 24 heavy (non-hydrogen) atoms. The van der Waals surface area contributed by atoms with Crippen molar-refractivity contribution < 1.29 is 33.8 Å². The van der Waals surface area contributed by atoms with Crippen molar-refractivity contribution in [1.29, 1.82) is 0 Å². The highest BCUT2D eigenvalue weighted by molar-refractivity contribution is 5.94. The van der Waals surface area contributed by atoms with Crippen LogP contribution in [0, 0.1) is 5.92 Å². The van der Waals surface area contributed by atoms with Crippen LogP contribution in [0.5, 0.6) is 0 Å². The van der Waals surface area contributed by atoms with Gasteiger partial charge in [0, 0.05) is 12.8 Å². The number of hydrogen-bond acceptors (Lipinski definition) is 6. The number of carbonyl (C=O) groups excluding carboxylic acids is 3. The summed E-state index contributed by atoms with van der Waals surface area (Å²) in [6.45, 7) is 3.48. The average molecular weight is 337 g/mol. The van der Waals surface area contributed by atoms with Crippen LogP contribution in [-0.4, -0.2) is 46.8 Å².